The molecule has 10 heteroatoms. The van der Waals surface area contributed by atoms with Gasteiger partial charge in [-0.05, 0) is 47.9 Å². The second kappa shape index (κ2) is 5.16. The lowest BCUT2D eigenvalue weighted by Crippen LogP contribution is -3.04. The normalized spacial score (nSPS) is 41.7. The largest absolute Gasteiger partial charge is 0.352 e. The molecule has 10 nitrogen and oxygen atoms in total. The van der Waals surface area contributed by atoms with E-state index in [0.29, 0.717) is 35.0 Å². The van der Waals surface area contributed by atoms with E-state index in [0.717, 1.165) is 0 Å². The first kappa shape index (κ1) is 18.8. The van der Waals surface area contributed by atoms with Gasteiger partial charge in [0.2, 0.25) is 0 Å². The fourth-order valence-electron chi connectivity index (χ4n) is 11.3. The summed E-state index contributed by atoms with van der Waals surface area (Å²) in [6, 6.07) is 17.2. The molecule has 38 heavy (non-hydrogen) atoms. The lowest BCUT2D eigenvalue weighted by molar-refractivity contribution is -0.575. The average Bonchev–Trinajstić information content (AvgIpc) is 3.34. The molecular formula is C28H20N6O4. The van der Waals surface area contributed by atoms with Gasteiger partial charge in [0.05, 0.1) is 35.5 Å². The van der Waals surface area contributed by atoms with Crippen LogP contribution in [0.3, 0.4) is 0 Å². The Morgan fingerprint density at radius 3 is 1.26 bits per heavy atom. The first-order chi connectivity index (χ1) is 18.6. The molecule has 4 aliphatic heterocycles. The summed E-state index contributed by atoms with van der Waals surface area (Å²) in [5.74, 6) is 1.57. The lowest BCUT2D eigenvalue weighted by Gasteiger charge is -3.03. The van der Waals surface area contributed by atoms with Crippen molar-refractivity contribution in [1.29, 1.82) is 0 Å². The Balaban J connectivity index is 1.21. The van der Waals surface area contributed by atoms with Gasteiger partial charge < -0.3 is 0 Å². The van der Waals surface area contributed by atoms with Crippen LogP contribution in [0.4, 0.5) is 0 Å². The molecule has 13 rings (SSSR count). The molecule has 4 saturated carbocycles. The van der Waals surface area contributed by atoms with Crippen LogP contribution < -0.4 is 22.8 Å². The standard InChI is InChI=1S/C28H20N6O4/c35-23-29(13-7-3-1-4-8-13)24(36)32-16-12-11-15(31(23)32)27-19-17-18-20(19)28(16,27)22(18)34-26(38)30(14-9-5-2-6-10-14)25(37)33(34)21(17)27/h1-12,15-22H. The minimum absolute atomic E-state index is 0.147. The maximum Gasteiger partial charge on any atom is 0.352 e. The first-order valence-corrected chi connectivity index (χ1v) is 13.3. The molecule has 10 unspecified atom stereocenters. The van der Waals surface area contributed by atoms with E-state index in [4.69, 9.17) is 0 Å². The van der Waals surface area contributed by atoms with E-state index in [1.807, 2.05) is 36.4 Å². The number of aromatic nitrogens is 6. The highest BCUT2D eigenvalue weighted by Gasteiger charge is 3.06. The molecule has 0 amide bonds. The predicted octanol–water partition coefficient (Wildman–Crippen LogP) is 0.868. The van der Waals surface area contributed by atoms with Gasteiger partial charge in [0, 0.05) is 10.8 Å². The number of hydrogen-bond acceptors (Lipinski definition) is 4. The van der Waals surface area contributed by atoms with E-state index in [9.17, 15) is 19.2 Å². The number of nitrogens with zero attached hydrogens (tertiary/aromatic N) is 6. The minimum atomic E-state index is -0.339. The summed E-state index contributed by atoms with van der Waals surface area (Å²) in [5.41, 5.74) is -0.802. The number of rotatable bonds is 2. The Labute approximate surface area is 212 Å². The van der Waals surface area contributed by atoms with Gasteiger partial charge in [-0.15, -0.1) is 0 Å². The summed E-state index contributed by atoms with van der Waals surface area (Å²) in [6.07, 6.45) is 4.20. The molecule has 10 atom stereocenters. The van der Waals surface area contributed by atoms with E-state index >= 15 is 0 Å². The topological polar surface area (TPSA) is 97.9 Å². The highest BCUT2D eigenvalue weighted by atomic mass is 16.2. The molecule has 0 saturated heterocycles. The fraction of sp³-hybridized carbons (Fsp3) is 0.357. The quantitative estimate of drug-likeness (QED) is 0.379. The summed E-state index contributed by atoms with van der Waals surface area (Å²) in [5, 5.41) is 0. The molecule has 0 radical (unpaired) electrons. The molecule has 5 aliphatic carbocycles. The van der Waals surface area contributed by atoms with Crippen LogP contribution in [0.15, 0.2) is 92.0 Å². The van der Waals surface area contributed by atoms with Gasteiger partial charge in [0.1, 0.15) is 0 Å². The van der Waals surface area contributed by atoms with Crippen molar-refractivity contribution < 1.29 is 0 Å². The summed E-state index contributed by atoms with van der Waals surface area (Å²) >= 11 is 0. The maximum atomic E-state index is 13.9. The molecule has 2 aromatic heterocycles. The van der Waals surface area contributed by atoms with Gasteiger partial charge in [-0.1, -0.05) is 48.6 Å². The van der Waals surface area contributed by atoms with E-state index in [-0.39, 0.29) is 57.8 Å². The first-order valence-electron chi connectivity index (χ1n) is 13.3. The van der Waals surface area contributed by atoms with Crippen LogP contribution in [-0.2, 0) is 0 Å². The van der Waals surface area contributed by atoms with E-state index in [1.165, 1.54) is 9.13 Å². The fourth-order valence-corrected chi connectivity index (χ4v) is 11.3. The van der Waals surface area contributed by atoms with Crippen LogP contribution in [0.5, 0.6) is 0 Å². The summed E-state index contributed by atoms with van der Waals surface area (Å²) < 4.78 is 9.38. The third-order valence-electron chi connectivity index (χ3n) is 11.8. The summed E-state index contributed by atoms with van der Waals surface area (Å²) in [6.45, 7) is 0. The average molecular weight is 505 g/mol. The van der Waals surface area contributed by atoms with Crippen molar-refractivity contribution >= 4 is 0 Å². The second-order valence-corrected chi connectivity index (χ2v) is 12.1. The highest BCUT2D eigenvalue weighted by Crippen LogP contribution is 3.06. The van der Waals surface area contributed by atoms with E-state index in [1.54, 1.807) is 43.0 Å². The SMILES string of the molecule is O=c1n(-c2ccccc2)c(=O)n2n1C1C=CC2C23C4C5C6C4C12C6n1c(=O)n(-c2ccccc2)c(=O)n1C53. The monoisotopic (exact) mass is 504 g/mol. The van der Waals surface area contributed by atoms with Crippen LogP contribution in [0.2, 0.25) is 0 Å². The van der Waals surface area contributed by atoms with Crippen molar-refractivity contribution in [2.45, 2.75) is 24.2 Å². The lowest BCUT2D eigenvalue weighted by atomic mass is 9.03. The molecule has 6 heterocycles. The summed E-state index contributed by atoms with van der Waals surface area (Å²) in [7, 11) is 0. The van der Waals surface area contributed by atoms with Crippen LogP contribution in [-0.4, -0.2) is 27.9 Å². The van der Waals surface area contributed by atoms with Crippen LogP contribution >= 0.6 is 0 Å². The van der Waals surface area contributed by atoms with Gasteiger partial charge in [-0.2, -0.15) is 0 Å². The van der Waals surface area contributed by atoms with E-state index in [2.05, 4.69) is 12.2 Å². The molecule has 4 fully saturated rings. The van der Waals surface area contributed by atoms with Crippen LogP contribution in [0.25, 0.3) is 11.4 Å². The van der Waals surface area contributed by atoms with Crippen molar-refractivity contribution in [1.82, 2.24) is 27.9 Å². The smallest absolute Gasteiger partial charge is 0.245 e. The van der Waals surface area contributed by atoms with Crippen molar-refractivity contribution in [2.24, 2.45) is 34.5 Å². The van der Waals surface area contributed by atoms with Crippen molar-refractivity contribution in [2.75, 3.05) is 0 Å². The van der Waals surface area contributed by atoms with Crippen molar-refractivity contribution in [3.05, 3.63) is 115 Å². The zero-order valence-corrected chi connectivity index (χ0v) is 19.9. The van der Waals surface area contributed by atoms with E-state index < -0.39 is 0 Å². The third-order valence-corrected chi connectivity index (χ3v) is 11.8. The molecule has 186 valence electrons. The number of para-hydroxylation sites is 2. The molecular weight excluding hydrogens is 484 g/mol. The molecule has 4 aromatic rings. The van der Waals surface area contributed by atoms with Crippen molar-refractivity contribution in [3.8, 4) is 11.4 Å². The Morgan fingerprint density at radius 2 is 0.868 bits per heavy atom. The Kier molecular flexibility index (Phi) is 2.56. The molecule has 2 spiro atoms. The summed E-state index contributed by atoms with van der Waals surface area (Å²) in [4.78, 5) is 55.6. The Hall–Kier alpha value is -4.34. The minimum Gasteiger partial charge on any atom is -0.245 e. The van der Waals surface area contributed by atoms with Gasteiger partial charge in [0.15, 0.2) is 0 Å². The number of benzene rings is 2. The van der Waals surface area contributed by atoms with Crippen LogP contribution in [0, 0.1) is 34.5 Å². The maximum absolute atomic E-state index is 13.9. The number of hydrogen-bond donors (Lipinski definition) is 0. The molecule has 0 N–H and O–H groups in total. The Morgan fingerprint density at radius 1 is 0.500 bits per heavy atom. The van der Waals surface area contributed by atoms with Crippen LogP contribution in [0.1, 0.15) is 24.2 Å². The molecule has 9 aliphatic rings. The van der Waals surface area contributed by atoms with Gasteiger partial charge in [-0.25, -0.2) is 47.0 Å². The predicted molar refractivity (Wildman–Crippen MR) is 133 cm³/mol. The molecule has 4 bridgehead atoms. The second-order valence-electron chi connectivity index (χ2n) is 12.1. The third kappa shape index (κ3) is 1.33. The highest BCUT2D eigenvalue weighted by molar-refractivity contribution is 5.55. The number of allylic oxidation sites excluding steroid dienone is 2. The zero-order chi connectivity index (χ0) is 25.0. The van der Waals surface area contributed by atoms with Crippen molar-refractivity contribution in [3.63, 3.8) is 0 Å². The zero-order valence-electron chi connectivity index (χ0n) is 19.9. The van der Waals surface area contributed by atoms with Gasteiger partial charge in [-0.3, -0.25) is 0 Å². The van der Waals surface area contributed by atoms with Gasteiger partial charge >= 0.3 is 22.8 Å². The molecule has 2 aromatic carbocycles. The van der Waals surface area contributed by atoms with Gasteiger partial charge in [0.25, 0.3) is 0 Å². The Bertz CT molecular complexity index is 1950.